The maximum atomic E-state index is 5.48. The van der Waals surface area contributed by atoms with Crippen LogP contribution in [0.1, 0.15) is 0 Å². The molecule has 2 saturated carbocycles. The Kier molecular flexibility index (Phi) is 3.22. The Morgan fingerprint density at radius 2 is 1.19 bits per heavy atom. The third-order valence-electron chi connectivity index (χ3n) is 6.16. The Labute approximate surface area is 151 Å². The summed E-state index contributed by atoms with van der Waals surface area (Å²) in [5.41, 5.74) is 1.000. The van der Waals surface area contributed by atoms with E-state index in [9.17, 15) is 0 Å². The van der Waals surface area contributed by atoms with E-state index < -0.39 is 0 Å². The van der Waals surface area contributed by atoms with Gasteiger partial charge in [-0.05, 0) is 0 Å². The number of benzene rings is 1. The Morgan fingerprint density at radius 1 is 0.692 bits per heavy atom. The van der Waals surface area contributed by atoms with Crippen molar-refractivity contribution in [2.24, 2.45) is 23.7 Å². The predicted octanol–water partition coefficient (Wildman–Crippen LogP) is 1.65. The van der Waals surface area contributed by atoms with Crippen LogP contribution in [-0.4, -0.2) is 53.5 Å². The molecule has 3 heterocycles. The minimum Gasteiger partial charge on any atom is -0.381 e. The first kappa shape index (κ1) is 14.9. The summed E-state index contributed by atoms with van der Waals surface area (Å²) in [7, 11) is 0. The zero-order valence-electron chi connectivity index (χ0n) is 14.3. The lowest BCUT2D eigenvalue weighted by atomic mass is 10.2. The normalized spacial score (nSPS) is 36.3. The van der Waals surface area contributed by atoms with Crippen LogP contribution >= 0.6 is 0 Å². The molecule has 4 fully saturated rings. The van der Waals surface area contributed by atoms with E-state index >= 15 is 0 Å². The number of hydrogen-bond donors (Lipinski definition) is 2. The van der Waals surface area contributed by atoms with E-state index in [1.54, 1.807) is 0 Å². The fourth-order valence-electron chi connectivity index (χ4n) is 4.43. The van der Waals surface area contributed by atoms with Gasteiger partial charge in [0.1, 0.15) is 0 Å². The van der Waals surface area contributed by atoms with Crippen LogP contribution in [-0.2, 0) is 9.47 Å². The Bertz CT molecular complexity index is 766. The van der Waals surface area contributed by atoms with Crippen molar-refractivity contribution in [3.63, 3.8) is 0 Å². The van der Waals surface area contributed by atoms with Crippen LogP contribution in [0.25, 0.3) is 11.4 Å². The predicted molar refractivity (Wildman–Crippen MR) is 95.7 cm³/mol. The van der Waals surface area contributed by atoms with Crippen molar-refractivity contribution in [2.45, 2.75) is 12.1 Å². The molecule has 134 valence electrons. The fraction of sp³-hybridized carbons (Fsp3) is 0.526. The summed E-state index contributed by atoms with van der Waals surface area (Å²) in [6, 6.07) is 10.9. The number of aromatic nitrogens is 3. The molecule has 2 aliphatic carbocycles. The molecule has 1 aromatic carbocycles. The SMILES string of the molecule is c1ccc(-c2nc(NC3C4COCC43)nc(NC3C4COCC43)n2)cc1. The number of anilines is 2. The average Bonchev–Trinajstić information content (AvgIpc) is 3.30. The molecule has 0 bridgehead atoms. The van der Waals surface area contributed by atoms with E-state index in [0.29, 0.717) is 53.5 Å². The van der Waals surface area contributed by atoms with Crippen LogP contribution < -0.4 is 10.6 Å². The van der Waals surface area contributed by atoms with Gasteiger partial charge in [-0.15, -0.1) is 0 Å². The molecule has 4 unspecified atom stereocenters. The molecule has 4 aliphatic rings. The second-order valence-electron chi connectivity index (χ2n) is 7.74. The van der Waals surface area contributed by atoms with Crippen molar-refractivity contribution in [1.29, 1.82) is 0 Å². The Hall–Kier alpha value is -2.25. The summed E-state index contributed by atoms with van der Waals surface area (Å²) in [5.74, 6) is 4.42. The molecule has 0 spiro atoms. The number of rotatable bonds is 5. The number of fused-ring (bicyclic) bond motifs is 2. The quantitative estimate of drug-likeness (QED) is 0.848. The molecule has 7 nitrogen and oxygen atoms in total. The van der Waals surface area contributed by atoms with E-state index in [1.165, 1.54) is 0 Å². The maximum Gasteiger partial charge on any atom is 0.228 e. The zero-order valence-corrected chi connectivity index (χ0v) is 14.3. The van der Waals surface area contributed by atoms with Crippen molar-refractivity contribution in [2.75, 3.05) is 37.1 Å². The van der Waals surface area contributed by atoms with Crippen molar-refractivity contribution in [1.82, 2.24) is 15.0 Å². The molecule has 26 heavy (non-hydrogen) atoms. The lowest BCUT2D eigenvalue weighted by Gasteiger charge is -2.12. The van der Waals surface area contributed by atoms with E-state index in [2.05, 4.69) is 25.6 Å². The fourth-order valence-corrected chi connectivity index (χ4v) is 4.43. The van der Waals surface area contributed by atoms with Gasteiger partial charge in [0.15, 0.2) is 5.82 Å². The molecule has 7 heteroatoms. The second-order valence-corrected chi connectivity index (χ2v) is 7.74. The van der Waals surface area contributed by atoms with Crippen LogP contribution in [0, 0.1) is 23.7 Å². The molecule has 1 aromatic heterocycles. The van der Waals surface area contributed by atoms with Gasteiger partial charge >= 0.3 is 0 Å². The van der Waals surface area contributed by atoms with E-state index in [4.69, 9.17) is 9.47 Å². The molecule has 0 amide bonds. The van der Waals surface area contributed by atoms with Crippen molar-refractivity contribution in [3.05, 3.63) is 30.3 Å². The highest BCUT2D eigenvalue weighted by Crippen LogP contribution is 2.47. The molecule has 2 aliphatic heterocycles. The molecular formula is C19H21N5O2. The van der Waals surface area contributed by atoms with Gasteiger partial charge in [-0.1, -0.05) is 30.3 Å². The monoisotopic (exact) mass is 351 g/mol. The molecule has 4 atom stereocenters. The van der Waals surface area contributed by atoms with Crippen LogP contribution in [0.3, 0.4) is 0 Å². The highest BCUT2D eigenvalue weighted by molar-refractivity contribution is 5.58. The highest BCUT2D eigenvalue weighted by atomic mass is 16.5. The van der Waals surface area contributed by atoms with Gasteiger partial charge in [-0.3, -0.25) is 0 Å². The van der Waals surface area contributed by atoms with Crippen molar-refractivity contribution < 1.29 is 9.47 Å². The Morgan fingerprint density at radius 3 is 1.69 bits per heavy atom. The van der Waals surface area contributed by atoms with Crippen LogP contribution in [0.15, 0.2) is 30.3 Å². The first-order chi connectivity index (χ1) is 12.9. The van der Waals surface area contributed by atoms with Gasteiger partial charge < -0.3 is 20.1 Å². The molecule has 0 radical (unpaired) electrons. The molecule has 2 aromatic rings. The smallest absolute Gasteiger partial charge is 0.228 e. The maximum absolute atomic E-state index is 5.48. The zero-order chi connectivity index (χ0) is 17.1. The first-order valence-corrected chi connectivity index (χ1v) is 9.37. The summed E-state index contributed by atoms with van der Waals surface area (Å²) in [5, 5.41) is 7.01. The largest absolute Gasteiger partial charge is 0.381 e. The summed E-state index contributed by atoms with van der Waals surface area (Å²) in [6.07, 6.45) is 0. The van der Waals surface area contributed by atoms with Gasteiger partial charge in [0.05, 0.1) is 26.4 Å². The van der Waals surface area contributed by atoms with Crippen LogP contribution in [0.2, 0.25) is 0 Å². The topological polar surface area (TPSA) is 81.2 Å². The highest BCUT2D eigenvalue weighted by Gasteiger charge is 2.55. The second kappa shape index (κ2) is 5.62. The first-order valence-electron chi connectivity index (χ1n) is 9.37. The molecule has 6 rings (SSSR count). The summed E-state index contributed by atoms with van der Waals surface area (Å²) < 4.78 is 11.0. The lowest BCUT2D eigenvalue weighted by molar-refractivity contribution is 0.162. The molecule has 2 N–H and O–H groups in total. The molecule has 2 saturated heterocycles. The standard InChI is InChI=1S/C19H21N5O2/c1-2-4-10(5-3-1)17-22-18(20-15-11-6-25-7-12(11)15)24-19(23-17)21-16-13-8-26-9-14(13)16/h1-5,11-16H,6-9H2,(H2,20,21,22,23,24). The molecular weight excluding hydrogens is 330 g/mol. The summed E-state index contributed by atoms with van der Waals surface area (Å²) in [6.45, 7) is 3.37. The number of nitrogens with one attached hydrogen (secondary N) is 2. The minimum atomic E-state index is 0.427. The minimum absolute atomic E-state index is 0.427. The summed E-state index contributed by atoms with van der Waals surface area (Å²) in [4.78, 5) is 14.0. The number of hydrogen-bond acceptors (Lipinski definition) is 7. The summed E-state index contributed by atoms with van der Waals surface area (Å²) >= 11 is 0. The van der Waals surface area contributed by atoms with Crippen LogP contribution in [0.4, 0.5) is 11.9 Å². The van der Waals surface area contributed by atoms with Gasteiger partial charge in [0.25, 0.3) is 0 Å². The van der Waals surface area contributed by atoms with Gasteiger partial charge in [0.2, 0.25) is 11.9 Å². The lowest BCUT2D eigenvalue weighted by Crippen LogP contribution is -2.18. The van der Waals surface area contributed by atoms with Crippen molar-refractivity contribution in [3.8, 4) is 11.4 Å². The van der Waals surface area contributed by atoms with E-state index in [0.717, 1.165) is 32.0 Å². The van der Waals surface area contributed by atoms with Gasteiger partial charge in [0, 0.05) is 41.3 Å². The van der Waals surface area contributed by atoms with Crippen molar-refractivity contribution >= 4 is 11.9 Å². The van der Waals surface area contributed by atoms with E-state index in [1.807, 2.05) is 30.3 Å². The Balaban J connectivity index is 1.28. The number of nitrogens with zero attached hydrogens (tertiary/aromatic N) is 3. The van der Waals surface area contributed by atoms with E-state index in [-0.39, 0.29) is 0 Å². The van der Waals surface area contributed by atoms with Gasteiger partial charge in [-0.25, -0.2) is 0 Å². The average molecular weight is 351 g/mol. The number of ether oxygens (including phenoxy) is 2. The third kappa shape index (κ3) is 2.46. The third-order valence-corrected chi connectivity index (χ3v) is 6.16. The van der Waals surface area contributed by atoms with Gasteiger partial charge in [-0.2, -0.15) is 15.0 Å². The van der Waals surface area contributed by atoms with Crippen LogP contribution in [0.5, 0.6) is 0 Å².